The number of fused-ring (bicyclic) bond motifs is 1. The largest absolute Gasteiger partial charge is 0.338 e. The molecule has 1 amide bonds. The van der Waals surface area contributed by atoms with Gasteiger partial charge in [-0.25, -0.2) is 0 Å². The number of carbonyl (C=O) groups is 2. The Balaban J connectivity index is 1.57. The van der Waals surface area contributed by atoms with Crippen molar-refractivity contribution in [3.8, 4) is 0 Å². The predicted molar refractivity (Wildman–Crippen MR) is 98.6 cm³/mol. The molecule has 26 heavy (non-hydrogen) atoms. The molecule has 0 saturated carbocycles. The summed E-state index contributed by atoms with van der Waals surface area (Å²) in [5.74, 6) is -0.233. The predicted octanol–water partition coefficient (Wildman–Crippen LogP) is 1.75. The van der Waals surface area contributed by atoms with Crippen LogP contribution in [0.25, 0.3) is 0 Å². The minimum Gasteiger partial charge on any atom is -0.338 e. The second-order valence-corrected chi connectivity index (χ2v) is 9.06. The number of likely N-dealkylation sites (tertiary alicyclic amines) is 1. The van der Waals surface area contributed by atoms with Gasteiger partial charge in [-0.05, 0) is 49.1 Å². The summed E-state index contributed by atoms with van der Waals surface area (Å²) in [7, 11) is 0. The van der Waals surface area contributed by atoms with Crippen LogP contribution >= 0.6 is 0 Å². The number of hydrogen-bond donors (Lipinski definition) is 2. The molecule has 140 valence electrons. The maximum absolute atomic E-state index is 12.9. The molecule has 4 rings (SSSR count). The number of nitrogens with zero attached hydrogens (tertiary/aromatic N) is 1. The van der Waals surface area contributed by atoms with Gasteiger partial charge >= 0.3 is 0 Å². The molecule has 0 atom stereocenters. The summed E-state index contributed by atoms with van der Waals surface area (Å²) >= 11 is 0. The molecule has 2 aliphatic heterocycles. The van der Waals surface area contributed by atoms with E-state index in [1.165, 1.54) is 12.5 Å². The standard InChI is InChI=1S/C20H27N3O3/c1-19(2)10-15-13(16(24)11-19)9-14(17(25)22-15)18(26)23-7-4-20(5-8-23)3-6-21-12-20/h9,21H,3-8,10-12H2,1-2H3,(H,22,25). The Morgan fingerprint density at radius 2 is 1.85 bits per heavy atom. The number of ketones is 1. The van der Waals surface area contributed by atoms with Crippen LogP contribution in [-0.2, 0) is 6.42 Å². The second-order valence-electron chi connectivity index (χ2n) is 9.06. The highest BCUT2D eigenvalue weighted by molar-refractivity contribution is 6.02. The van der Waals surface area contributed by atoms with E-state index in [-0.39, 0.29) is 28.2 Å². The summed E-state index contributed by atoms with van der Waals surface area (Å²) in [6.45, 7) is 7.48. The molecule has 6 nitrogen and oxygen atoms in total. The number of rotatable bonds is 1. The molecule has 1 spiro atoms. The molecule has 1 aliphatic carbocycles. The molecular weight excluding hydrogens is 330 g/mol. The van der Waals surface area contributed by atoms with Crippen molar-refractivity contribution < 1.29 is 9.59 Å². The van der Waals surface area contributed by atoms with Crippen molar-refractivity contribution in [3.05, 3.63) is 33.2 Å². The lowest BCUT2D eigenvalue weighted by Gasteiger charge is -2.39. The third-order valence-electron chi connectivity index (χ3n) is 6.39. The molecule has 1 aromatic heterocycles. The van der Waals surface area contributed by atoms with Gasteiger partial charge in [-0.2, -0.15) is 0 Å². The topological polar surface area (TPSA) is 82.3 Å². The zero-order valence-corrected chi connectivity index (χ0v) is 15.6. The summed E-state index contributed by atoms with van der Waals surface area (Å²) in [6, 6.07) is 1.54. The van der Waals surface area contributed by atoms with Crippen LogP contribution in [0.2, 0.25) is 0 Å². The molecule has 2 fully saturated rings. The summed E-state index contributed by atoms with van der Waals surface area (Å²) in [5, 5.41) is 3.42. The molecule has 6 heteroatoms. The molecular formula is C20H27N3O3. The number of amides is 1. The van der Waals surface area contributed by atoms with Gasteiger partial charge < -0.3 is 15.2 Å². The molecule has 0 radical (unpaired) electrons. The Morgan fingerprint density at radius 1 is 1.12 bits per heavy atom. The molecule has 1 aromatic rings. The van der Waals surface area contributed by atoms with Gasteiger partial charge in [0.25, 0.3) is 11.5 Å². The van der Waals surface area contributed by atoms with Crippen molar-refractivity contribution in [2.24, 2.45) is 10.8 Å². The first-order valence-electron chi connectivity index (χ1n) is 9.58. The smallest absolute Gasteiger partial charge is 0.261 e. The maximum Gasteiger partial charge on any atom is 0.261 e. The number of hydrogen-bond acceptors (Lipinski definition) is 4. The van der Waals surface area contributed by atoms with E-state index in [9.17, 15) is 14.4 Å². The van der Waals surface area contributed by atoms with Crippen molar-refractivity contribution in [1.29, 1.82) is 0 Å². The fourth-order valence-corrected chi connectivity index (χ4v) is 4.76. The number of pyridine rings is 1. The zero-order chi connectivity index (χ0) is 18.5. The minimum atomic E-state index is -0.373. The van der Waals surface area contributed by atoms with Gasteiger partial charge in [0.1, 0.15) is 5.56 Å². The molecule has 2 saturated heterocycles. The van der Waals surface area contributed by atoms with Gasteiger partial charge in [0.15, 0.2) is 5.78 Å². The summed E-state index contributed by atoms with van der Waals surface area (Å²) in [6.07, 6.45) is 4.21. The van der Waals surface area contributed by atoms with Crippen molar-refractivity contribution in [2.45, 2.75) is 46.0 Å². The van der Waals surface area contributed by atoms with E-state index in [1.807, 2.05) is 13.8 Å². The van der Waals surface area contributed by atoms with Crippen LogP contribution in [-0.4, -0.2) is 47.8 Å². The van der Waals surface area contributed by atoms with E-state index in [2.05, 4.69) is 10.3 Å². The zero-order valence-electron chi connectivity index (χ0n) is 15.6. The molecule has 3 aliphatic rings. The number of carbonyl (C=O) groups excluding carboxylic acids is 2. The van der Waals surface area contributed by atoms with Crippen molar-refractivity contribution in [3.63, 3.8) is 0 Å². The number of nitrogens with one attached hydrogen (secondary N) is 2. The third kappa shape index (κ3) is 3.00. The van der Waals surface area contributed by atoms with Crippen LogP contribution in [0, 0.1) is 10.8 Å². The molecule has 0 bridgehead atoms. The van der Waals surface area contributed by atoms with Crippen molar-refractivity contribution in [2.75, 3.05) is 26.2 Å². The van der Waals surface area contributed by atoms with Crippen molar-refractivity contribution in [1.82, 2.24) is 15.2 Å². The first-order valence-corrected chi connectivity index (χ1v) is 9.58. The second kappa shape index (κ2) is 6.05. The van der Waals surface area contributed by atoms with Gasteiger partial charge in [0.2, 0.25) is 0 Å². The van der Waals surface area contributed by atoms with Crippen LogP contribution < -0.4 is 10.9 Å². The summed E-state index contributed by atoms with van der Waals surface area (Å²) in [5.41, 5.74) is 1.08. The lowest BCUT2D eigenvalue weighted by molar-refractivity contribution is 0.0606. The Hall–Kier alpha value is -1.95. The Kier molecular flexibility index (Phi) is 4.06. The molecule has 3 heterocycles. The van der Waals surface area contributed by atoms with E-state index in [0.717, 1.165) is 25.9 Å². The van der Waals surface area contributed by atoms with Crippen LogP contribution in [0.4, 0.5) is 0 Å². The minimum absolute atomic E-state index is 0.0103. The van der Waals surface area contributed by atoms with Gasteiger partial charge in [0.05, 0.1) is 0 Å². The van der Waals surface area contributed by atoms with Gasteiger partial charge in [-0.15, -0.1) is 0 Å². The van der Waals surface area contributed by atoms with Gasteiger partial charge in [-0.1, -0.05) is 13.8 Å². The average Bonchev–Trinajstić information content (AvgIpc) is 3.01. The fourth-order valence-electron chi connectivity index (χ4n) is 4.76. The highest BCUT2D eigenvalue weighted by Gasteiger charge is 2.39. The first kappa shape index (κ1) is 17.5. The number of H-pyrrole nitrogens is 1. The van der Waals surface area contributed by atoms with Crippen LogP contribution in [0.1, 0.15) is 65.9 Å². The molecule has 0 aromatic carbocycles. The Morgan fingerprint density at radius 3 is 2.50 bits per heavy atom. The first-order chi connectivity index (χ1) is 12.3. The van der Waals surface area contributed by atoms with Crippen LogP contribution in [0.3, 0.4) is 0 Å². The van der Waals surface area contributed by atoms with Crippen LogP contribution in [0.15, 0.2) is 10.9 Å². The summed E-state index contributed by atoms with van der Waals surface area (Å²) in [4.78, 5) is 42.5. The highest BCUT2D eigenvalue weighted by atomic mass is 16.2. The highest BCUT2D eigenvalue weighted by Crippen LogP contribution is 2.37. The average molecular weight is 357 g/mol. The Bertz CT molecular complexity index is 808. The number of Topliss-reactive ketones (excluding diaryl/α,β-unsaturated/α-hetero) is 1. The van der Waals surface area contributed by atoms with E-state index in [4.69, 9.17) is 0 Å². The van der Waals surface area contributed by atoms with Crippen molar-refractivity contribution >= 4 is 11.7 Å². The number of aromatic amines is 1. The van der Waals surface area contributed by atoms with Gasteiger partial charge in [0, 0.05) is 37.3 Å². The Labute approximate surface area is 153 Å². The van der Waals surface area contributed by atoms with E-state index >= 15 is 0 Å². The number of aromatic nitrogens is 1. The normalized spacial score (nSPS) is 23.9. The summed E-state index contributed by atoms with van der Waals surface area (Å²) < 4.78 is 0. The lowest BCUT2D eigenvalue weighted by atomic mass is 9.75. The maximum atomic E-state index is 12.9. The van der Waals surface area contributed by atoms with E-state index in [0.29, 0.717) is 42.6 Å². The third-order valence-corrected chi connectivity index (χ3v) is 6.39. The fraction of sp³-hybridized carbons (Fsp3) is 0.650. The van der Waals surface area contributed by atoms with E-state index < -0.39 is 0 Å². The lowest BCUT2D eigenvalue weighted by Crippen LogP contribution is -2.45. The van der Waals surface area contributed by atoms with Crippen LogP contribution in [0.5, 0.6) is 0 Å². The molecule has 0 unspecified atom stereocenters. The SMILES string of the molecule is CC1(C)CC(=O)c2cc(C(=O)N3CCC4(CCNC4)CC3)c(=O)[nH]c2C1. The monoisotopic (exact) mass is 357 g/mol. The number of piperidine rings is 1. The van der Waals surface area contributed by atoms with Gasteiger partial charge in [-0.3, -0.25) is 14.4 Å². The quantitative estimate of drug-likeness (QED) is 0.802. The van der Waals surface area contributed by atoms with E-state index in [1.54, 1.807) is 4.90 Å². The molecule has 2 N–H and O–H groups in total.